The van der Waals surface area contributed by atoms with Gasteiger partial charge in [-0.15, -0.1) is 0 Å². The number of hydrogen-bond donors (Lipinski definition) is 0. The van der Waals surface area contributed by atoms with Crippen LogP contribution in [0.4, 0.5) is 0 Å². The predicted molar refractivity (Wildman–Crippen MR) is 41.7 cm³/mol. The molecule has 0 unspecified atom stereocenters. The van der Waals surface area contributed by atoms with Gasteiger partial charge in [-0.3, -0.25) is 0 Å². The van der Waals surface area contributed by atoms with E-state index < -0.39 is 0 Å². The fourth-order valence-corrected chi connectivity index (χ4v) is 3.12. The molecular formula is C8H7As. The van der Waals surface area contributed by atoms with Crippen LogP contribution in [0, 0.1) is 0 Å². The molecule has 0 bridgehead atoms. The first kappa shape index (κ1) is 5.43. The van der Waals surface area contributed by atoms with Crippen molar-refractivity contribution in [3.05, 3.63) is 34.2 Å². The van der Waals surface area contributed by atoms with Gasteiger partial charge in [0, 0.05) is 0 Å². The van der Waals surface area contributed by atoms with Crippen molar-refractivity contribution >= 4 is 19.6 Å². The third-order valence-corrected chi connectivity index (χ3v) is 4.07. The van der Waals surface area contributed by atoms with Gasteiger partial charge in [-0.1, -0.05) is 0 Å². The van der Waals surface area contributed by atoms with E-state index in [1.54, 1.807) is 4.30 Å². The quantitative estimate of drug-likeness (QED) is 0.490. The molecule has 0 saturated carbocycles. The van der Waals surface area contributed by atoms with Crippen molar-refractivity contribution in [2.24, 2.45) is 0 Å². The molecule has 0 aromatic heterocycles. The molecule has 0 saturated heterocycles. The molecule has 0 fully saturated rings. The maximum absolute atomic E-state index is 2.31. The normalized spacial score (nSPS) is 23.0. The Morgan fingerprint density at radius 3 is 3.00 bits per heavy atom. The van der Waals surface area contributed by atoms with Gasteiger partial charge in [0.15, 0.2) is 0 Å². The Morgan fingerprint density at radius 2 is 2.22 bits per heavy atom. The van der Waals surface area contributed by atoms with Crippen LogP contribution in [0.15, 0.2) is 34.2 Å². The van der Waals surface area contributed by atoms with Crippen molar-refractivity contribution in [2.75, 3.05) is 0 Å². The third kappa shape index (κ3) is 0.702. The molecule has 2 aliphatic rings. The monoisotopic (exact) mass is 178 g/mol. The first-order valence-corrected chi connectivity index (χ1v) is 5.04. The van der Waals surface area contributed by atoms with Crippen molar-refractivity contribution in [2.45, 2.75) is 6.92 Å². The van der Waals surface area contributed by atoms with Crippen molar-refractivity contribution in [3.63, 3.8) is 0 Å². The van der Waals surface area contributed by atoms with E-state index >= 15 is 0 Å². The zero-order chi connectivity index (χ0) is 6.27. The fourth-order valence-electron chi connectivity index (χ4n) is 1.10. The fraction of sp³-hybridized carbons (Fsp3) is 0.125. The molecule has 9 heavy (non-hydrogen) atoms. The molecule has 1 aliphatic carbocycles. The van der Waals surface area contributed by atoms with Crippen LogP contribution in [0.5, 0.6) is 0 Å². The first-order chi connectivity index (χ1) is 4.38. The Morgan fingerprint density at radius 1 is 1.33 bits per heavy atom. The van der Waals surface area contributed by atoms with Gasteiger partial charge in [-0.2, -0.15) is 0 Å². The number of fused-ring (bicyclic) bond motifs is 1. The molecule has 0 amide bonds. The van der Waals surface area contributed by atoms with Crippen LogP contribution in [0.1, 0.15) is 6.92 Å². The molecule has 44 valence electrons. The van der Waals surface area contributed by atoms with Crippen molar-refractivity contribution in [3.8, 4) is 0 Å². The Labute approximate surface area is 61.2 Å². The summed E-state index contributed by atoms with van der Waals surface area (Å²) in [5.74, 6) is 0. The van der Waals surface area contributed by atoms with Gasteiger partial charge in [0.1, 0.15) is 0 Å². The zero-order valence-corrected chi connectivity index (χ0v) is 7.13. The summed E-state index contributed by atoms with van der Waals surface area (Å²) >= 11 is 0.389. The molecule has 0 radical (unpaired) electrons. The predicted octanol–water partition coefficient (Wildman–Crippen LogP) is 1.28. The van der Waals surface area contributed by atoms with Crippen LogP contribution < -0.4 is 0 Å². The Kier molecular flexibility index (Phi) is 1.10. The van der Waals surface area contributed by atoms with Gasteiger partial charge in [-0.25, -0.2) is 0 Å². The van der Waals surface area contributed by atoms with E-state index in [1.165, 1.54) is 11.1 Å². The van der Waals surface area contributed by atoms with E-state index in [1.807, 2.05) is 0 Å². The van der Waals surface area contributed by atoms with Crippen molar-refractivity contribution in [1.29, 1.82) is 0 Å². The summed E-state index contributed by atoms with van der Waals surface area (Å²) in [5, 5.41) is 0. The Hall–Kier alpha value is -0.352. The molecule has 1 aliphatic heterocycles. The summed E-state index contributed by atoms with van der Waals surface area (Å²) in [6.07, 6.45) is 6.66. The molecule has 2 rings (SSSR count). The minimum absolute atomic E-state index is 0.389. The molecule has 0 aromatic carbocycles. The average Bonchev–Trinajstić information content (AvgIpc) is 2.35. The second kappa shape index (κ2) is 1.81. The molecule has 1 heterocycles. The van der Waals surface area contributed by atoms with E-state index in [0.717, 1.165) is 0 Å². The molecule has 0 atom stereocenters. The van der Waals surface area contributed by atoms with Crippen LogP contribution in [-0.4, -0.2) is 19.6 Å². The van der Waals surface area contributed by atoms with E-state index in [2.05, 4.69) is 30.0 Å². The average molecular weight is 178 g/mol. The molecule has 0 N–H and O–H groups in total. The van der Waals surface area contributed by atoms with Gasteiger partial charge in [0.2, 0.25) is 0 Å². The van der Waals surface area contributed by atoms with Crippen LogP contribution in [0.3, 0.4) is 0 Å². The number of hydrogen-bond acceptors (Lipinski definition) is 0. The van der Waals surface area contributed by atoms with Crippen molar-refractivity contribution < 1.29 is 0 Å². The van der Waals surface area contributed by atoms with Crippen LogP contribution in [-0.2, 0) is 0 Å². The maximum atomic E-state index is 2.31. The van der Waals surface area contributed by atoms with E-state index in [-0.39, 0.29) is 0 Å². The molecule has 0 aromatic rings. The topological polar surface area (TPSA) is 0 Å². The van der Waals surface area contributed by atoms with Gasteiger partial charge < -0.3 is 0 Å². The summed E-state index contributed by atoms with van der Waals surface area (Å²) < 4.78 is 1.62. The Balaban J connectivity index is 2.53. The molecule has 0 nitrogen and oxygen atoms in total. The first-order valence-electron chi connectivity index (χ1n) is 3.01. The summed E-state index contributed by atoms with van der Waals surface area (Å²) in [4.78, 5) is 2.31. The van der Waals surface area contributed by atoms with Crippen molar-refractivity contribution in [1.82, 2.24) is 0 Å². The van der Waals surface area contributed by atoms with Gasteiger partial charge >= 0.3 is 60.8 Å². The second-order valence-electron chi connectivity index (χ2n) is 2.27. The van der Waals surface area contributed by atoms with Crippen LogP contribution >= 0.6 is 0 Å². The van der Waals surface area contributed by atoms with Gasteiger partial charge in [0.25, 0.3) is 0 Å². The summed E-state index contributed by atoms with van der Waals surface area (Å²) in [7, 11) is 0. The van der Waals surface area contributed by atoms with E-state index in [9.17, 15) is 0 Å². The summed E-state index contributed by atoms with van der Waals surface area (Å²) in [6.45, 7) is 2.20. The number of allylic oxidation sites excluding steroid dienone is 5. The SMILES string of the molecule is CC1=CC=C2C=C[As]=C12. The molecular weight excluding hydrogens is 171 g/mol. The second-order valence-corrected chi connectivity index (χ2v) is 4.37. The van der Waals surface area contributed by atoms with E-state index in [4.69, 9.17) is 0 Å². The van der Waals surface area contributed by atoms with Gasteiger partial charge in [0.05, 0.1) is 0 Å². The molecule has 0 spiro atoms. The van der Waals surface area contributed by atoms with Gasteiger partial charge in [-0.05, 0) is 0 Å². The number of rotatable bonds is 0. The standard InChI is InChI=1S/C8H7As/c1-6-2-3-7-4-5-9-8(6)7/h2-5H,1H3. The zero-order valence-electron chi connectivity index (χ0n) is 5.26. The summed E-state index contributed by atoms with van der Waals surface area (Å²) in [6, 6.07) is 0. The Bertz CT molecular complexity index is 264. The summed E-state index contributed by atoms with van der Waals surface area (Å²) in [5.41, 5.74) is 2.95. The third-order valence-electron chi connectivity index (χ3n) is 1.62. The minimum atomic E-state index is 0.389. The van der Waals surface area contributed by atoms with Crippen LogP contribution in [0.2, 0.25) is 0 Å². The molecule has 1 heteroatoms. The van der Waals surface area contributed by atoms with Crippen LogP contribution in [0.25, 0.3) is 0 Å². The van der Waals surface area contributed by atoms with E-state index in [0.29, 0.717) is 15.3 Å².